The van der Waals surface area contributed by atoms with Crippen LogP contribution in [0.3, 0.4) is 0 Å². The van der Waals surface area contributed by atoms with Gasteiger partial charge in [0.15, 0.2) is 5.82 Å². The molecule has 1 aliphatic carbocycles. The summed E-state index contributed by atoms with van der Waals surface area (Å²) < 4.78 is 62.7. The number of amides is 1. The van der Waals surface area contributed by atoms with Crippen LogP contribution in [0.25, 0.3) is 5.65 Å². The highest BCUT2D eigenvalue weighted by Gasteiger charge is 2.41. The Morgan fingerprint density at radius 3 is 2.77 bits per heavy atom. The number of carbonyl (C=O) groups is 1. The zero-order chi connectivity index (χ0) is 25.3. The molecule has 3 aromatic heterocycles. The highest BCUT2D eigenvalue weighted by atomic mass is 19.4. The molecule has 1 fully saturated rings. The van der Waals surface area contributed by atoms with E-state index in [4.69, 9.17) is 4.74 Å². The molecular formula is C21H25F4N7O3. The molecule has 1 aliphatic rings. The van der Waals surface area contributed by atoms with Crippen molar-refractivity contribution in [3.05, 3.63) is 35.4 Å². The molecule has 10 nitrogen and oxygen atoms in total. The number of imidazole rings is 1. The Hall–Kier alpha value is -3.42. The summed E-state index contributed by atoms with van der Waals surface area (Å²) in [5, 5.41) is 12.5. The molecule has 4 rings (SSSR count). The van der Waals surface area contributed by atoms with Crippen LogP contribution in [0.5, 0.6) is 0 Å². The van der Waals surface area contributed by atoms with Crippen molar-refractivity contribution in [2.45, 2.75) is 70.8 Å². The van der Waals surface area contributed by atoms with Crippen LogP contribution in [-0.4, -0.2) is 55.3 Å². The Morgan fingerprint density at radius 1 is 1.29 bits per heavy atom. The molecule has 190 valence electrons. The average molecular weight is 499 g/mol. The summed E-state index contributed by atoms with van der Waals surface area (Å²) >= 11 is 0. The van der Waals surface area contributed by atoms with Gasteiger partial charge in [0.25, 0.3) is 0 Å². The molecule has 3 aromatic rings. The second-order valence-electron chi connectivity index (χ2n) is 8.62. The van der Waals surface area contributed by atoms with Gasteiger partial charge in [0.2, 0.25) is 5.95 Å². The Balaban J connectivity index is 1.46. The quantitative estimate of drug-likeness (QED) is 0.416. The molecule has 14 heteroatoms. The van der Waals surface area contributed by atoms with Gasteiger partial charge in [0.1, 0.15) is 17.9 Å². The minimum absolute atomic E-state index is 0.0688. The Morgan fingerprint density at radius 2 is 2.06 bits per heavy atom. The van der Waals surface area contributed by atoms with E-state index in [-0.39, 0.29) is 17.7 Å². The van der Waals surface area contributed by atoms with Gasteiger partial charge in [0.05, 0.1) is 12.3 Å². The van der Waals surface area contributed by atoms with Gasteiger partial charge in [-0.05, 0) is 33.6 Å². The van der Waals surface area contributed by atoms with E-state index in [1.54, 1.807) is 32.9 Å². The van der Waals surface area contributed by atoms with Crippen molar-refractivity contribution >= 4 is 23.5 Å². The predicted molar refractivity (Wildman–Crippen MR) is 116 cm³/mol. The number of H-pyrrole nitrogens is 1. The molecule has 0 radical (unpaired) electrons. The van der Waals surface area contributed by atoms with Crippen molar-refractivity contribution in [2.24, 2.45) is 0 Å². The van der Waals surface area contributed by atoms with Crippen molar-refractivity contribution in [1.82, 2.24) is 29.9 Å². The molecular weight excluding hydrogens is 474 g/mol. The average Bonchev–Trinajstić information content (AvgIpc) is 3.45. The smallest absolute Gasteiger partial charge is 0.443 e. The summed E-state index contributed by atoms with van der Waals surface area (Å²) in [5.74, 6) is 0.0497. The number of alkyl carbamates (subject to hydrolysis) is 1. The van der Waals surface area contributed by atoms with Crippen LogP contribution in [0.2, 0.25) is 0 Å². The number of alkyl halides is 4. The molecule has 3 atom stereocenters. The number of nitrogens with zero attached hydrogens (tertiary/aromatic N) is 4. The third-order valence-electron chi connectivity index (χ3n) is 5.42. The van der Waals surface area contributed by atoms with E-state index >= 15 is 4.39 Å². The van der Waals surface area contributed by atoms with Crippen LogP contribution in [0, 0.1) is 6.92 Å². The van der Waals surface area contributed by atoms with E-state index in [2.05, 4.69) is 35.5 Å². The number of aromatic nitrogens is 5. The largest absolute Gasteiger partial charge is 0.522 e. The summed E-state index contributed by atoms with van der Waals surface area (Å²) in [5.41, 5.74) is 1.53. The SMILES string of the molecule is Cc1cc2nc(COC(F)(F)F)cn2c(Nc2cc([C@H]3CC[C@@H](OC(=O)NC(C)C)[C@H]3F)[nH]n2)n1. The second kappa shape index (κ2) is 9.68. The molecule has 3 N–H and O–H groups in total. The van der Waals surface area contributed by atoms with E-state index in [0.29, 0.717) is 35.7 Å². The summed E-state index contributed by atoms with van der Waals surface area (Å²) in [4.78, 5) is 20.3. The maximum Gasteiger partial charge on any atom is 0.522 e. The van der Waals surface area contributed by atoms with E-state index in [1.807, 2.05) is 0 Å². The molecule has 0 saturated heterocycles. The predicted octanol–water partition coefficient (Wildman–Crippen LogP) is 4.26. The summed E-state index contributed by atoms with van der Waals surface area (Å²) in [6.07, 6.45) is -5.49. The molecule has 1 saturated carbocycles. The topological polar surface area (TPSA) is 118 Å². The second-order valence-corrected chi connectivity index (χ2v) is 8.62. The van der Waals surface area contributed by atoms with Gasteiger partial charge in [-0.25, -0.2) is 19.2 Å². The number of carbonyl (C=O) groups excluding carboxylic acids is 1. The van der Waals surface area contributed by atoms with Gasteiger partial charge in [-0.3, -0.25) is 14.2 Å². The number of hydrogen-bond donors (Lipinski definition) is 3. The number of anilines is 2. The molecule has 35 heavy (non-hydrogen) atoms. The number of aryl methyl sites for hydroxylation is 1. The normalized spacial score (nSPS) is 20.5. The summed E-state index contributed by atoms with van der Waals surface area (Å²) in [7, 11) is 0. The first-order valence-corrected chi connectivity index (χ1v) is 11.0. The van der Waals surface area contributed by atoms with Crippen LogP contribution < -0.4 is 10.6 Å². The minimum Gasteiger partial charge on any atom is -0.443 e. The first kappa shape index (κ1) is 24.7. The number of hydrogen-bond acceptors (Lipinski definition) is 7. The summed E-state index contributed by atoms with van der Waals surface area (Å²) in [6.45, 7) is 4.53. The first-order chi connectivity index (χ1) is 16.5. The fourth-order valence-corrected chi connectivity index (χ4v) is 3.95. The van der Waals surface area contributed by atoms with Crippen LogP contribution >= 0.6 is 0 Å². The Kier molecular flexibility index (Phi) is 6.83. The van der Waals surface area contributed by atoms with Gasteiger partial charge < -0.3 is 15.4 Å². The molecule has 3 heterocycles. The van der Waals surface area contributed by atoms with Gasteiger partial charge in [-0.1, -0.05) is 0 Å². The van der Waals surface area contributed by atoms with Gasteiger partial charge >= 0.3 is 12.5 Å². The molecule has 0 aliphatic heterocycles. The van der Waals surface area contributed by atoms with Crippen molar-refractivity contribution < 1.29 is 31.8 Å². The number of ether oxygens (including phenoxy) is 2. The van der Waals surface area contributed by atoms with Crippen LogP contribution in [0.1, 0.15) is 49.7 Å². The number of rotatable bonds is 7. The van der Waals surface area contributed by atoms with E-state index in [1.165, 1.54) is 10.6 Å². The molecule has 0 spiro atoms. The first-order valence-electron chi connectivity index (χ1n) is 11.0. The lowest BCUT2D eigenvalue weighted by atomic mass is 10.0. The van der Waals surface area contributed by atoms with E-state index < -0.39 is 37.3 Å². The van der Waals surface area contributed by atoms with Gasteiger partial charge in [-0.2, -0.15) is 5.10 Å². The lowest BCUT2D eigenvalue weighted by Gasteiger charge is -2.18. The number of nitrogens with one attached hydrogen (secondary N) is 3. The monoisotopic (exact) mass is 499 g/mol. The zero-order valence-corrected chi connectivity index (χ0v) is 19.2. The third kappa shape index (κ3) is 5.99. The lowest BCUT2D eigenvalue weighted by molar-refractivity contribution is -0.330. The molecule has 0 aromatic carbocycles. The number of aromatic amines is 1. The van der Waals surface area contributed by atoms with Crippen LogP contribution in [-0.2, 0) is 16.1 Å². The van der Waals surface area contributed by atoms with Gasteiger partial charge in [-0.15, -0.1) is 13.2 Å². The Bertz CT molecular complexity index is 1190. The third-order valence-corrected chi connectivity index (χ3v) is 5.42. The fourth-order valence-electron chi connectivity index (χ4n) is 3.95. The maximum absolute atomic E-state index is 15.0. The standard InChI is InChI=1S/C21H25F4N7O3/c1-10(2)26-20(33)35-15-5-4-13(18(15)22)14-7-16(31-30-14)29-19-27-11(3)6-17-28-12(8-32(17)19)9-34-21(23,24)25/h6-8,10,13,15,18H,4-5,9H2,1-3H3,(H,26,33)(H2,27,29,30,31)/t13-,15-,18+/m1/s1. The summed E-state index contributed by atoms with van der Waals surface area (Å²) in [6, 6.07) is 3.11. The van der Waals surface area contributed by atoms with E-state index in [0.717, 1.165) is 0 Å². The van der Waals surface area contributed by atoms with Crippen molar-refractivity contribution in [1.29, 1.82) is 0 Å². The minimum atomic E-state index is -4.77. The van der Waals surface area contributed by atoms with E-state index in [9.17, 15) is 18.0 Å². The lowest BCUT2D eigenvalue weighted by Crippen LogP contribution is -2.36. The Labute approximate surface area is 197 Å². The maximum atomic E-state index is 15.0. The number of fused-ring (bicyclic) bond motifs is 1. The van der Waals surface area contributed by atoms with Gasteiger partial charge in [0, 0.05) is 41.7 Å². The number of halogens is 4. The highest BCUT2D eigenvalue weighted by Crippen LogP contribution is 2.38. The van der Waals surface area contributed by atoms with Crippen molar-refractivity contribution in [2.75, 3.05) is 5.32 Å². The van der Waals surface area contributed by atoms with Crippen molar-refractivity contribution in [3.63, 3.8) is 0 Å². The highest BCUT2D eigenvalue weighted by molar-refractivity contribution is 5.67. The zero-order valence-electron chi connectivity index (χ0n) is 19.2. The molecule has 0 unspecified atom stereocenters. The molecule has 0 bridgehead atoms. The van der Waals surface area contributed by atoms with Crippen LogP contribution in [0.4, 0.5) is 34.1 Å². The van der Waals surface area contributed by atoms with Crippen LogP contribution in [0.15, 0.2) is 18.3 Å². The molecule has 1 amide bonds. The van der Waals surface area contributed by atoms with Crippen molar-refractivity contribution in [3.8, 4) is 0 Å². The fraction of sp³-hybridized carbons (Fsp3) is 0.524.